The Morgan fingerprint density at radius 1 is 0.500 bits per heavy atom. The average molecular weight is 864 g/mol. The third kappa shape index (κ3) is 9.90. The fraction of sp³-hybridized carbons (Fsp3) is 0.0816. The Morgan fingerprint density at radius 2 is 0.850 bits per heavy atom. The molecule has 302 valence electrons. The van der Waals surface area contributed by atoms with E-state index in [9.17, 15) is 14.4 Å². The smallest absolute Gasteiger partial charge is 0.355 e. The van der Waals surface area contributed by atoms with Gasteiger partial charge >= 0.3 is 11.9 Å². The molecule has 8 rings (SSSR count). The molecule has 60 heavy (non-hydrogen) atoms. The van der Waals surface area contributed by atoms with Gasteiger partial charge in [0.25, 0.3) is 5.91 Å². The van der Waals surface area contributed by atoms with Crippen LogP contribution in [0.4, 0.5) is 0 Å². The number of hydrogen-bond donors (Lipinski definition) is 2. The van der Waals surface area contributed by atoms with Crippen molar-refractivity contribution >= 4 is 33.8 Å². The molecule has 0 bridgehead atoms. The zero-order valence-corrected chi connectivity index (χ0v) is 35.0. The molecule has 0 aliphatic rings. The van der Waals surface area contributed by atoms with Crippen LogP contribution in [0.5, 0.6) is 0 Å². The molecule has 2 N–H and O–H groups in total. The number of aryl methyl sites for hydroxylation is 2. The molecule has 3 heterocycles. The van der Waals surface area contributed by atoms with Gasteiger partial charge in [0.15, 0.2) is 0 Å². The van der Waals surface area contributed by atoms with Crippen LogP contribution in [0.15, 0.2) is 181 Å². The van der Waals surface area contributed by atoms with E-state index in [-0.39, 0.29) is 11.9 Å². The molecule has 11 heteroatoms. The Balaban J connectivity index is 0.000000153. The van der Waals surface area contributed by atoms with E-state index >= 15 is 0 Å². The minimum Gasteiger partial charge on any atom is -0.464 e. The number of rotatable bonds is 8. The standard InChI is InChI=1S/C19H17NO2.C18H16N2O2.C12H10BrNO2/c1-14-8-6-7-11-17(14)15-12-18(19(21)22-2)20(13-15)16-9-4-3-5-10-16;1-13-7-5-6-10-16(13)14-11-17(18(21)19-22)20(12-14)15-8-3-2-4-9-15;1-16-12(15)11-7-9(13)8-14(11)10-5-3-2-4-6-10/h3-13H,1-2H3;2-12,22H,1H3,(H,19,21);2-8H,1H3. The number of benzene rings is 5. The summed E-state index contributed by atoms with van der Waals surface area (Å²) in [5.41, 5.74) is 12.2. The van der Waals surface area contributed by atoms with Crippen LogP contribution in [0.2, 0.25) is 0 Å². The normalized spacial score (nSPS) is 10.4. The third-order valence-electron chi connectivity index (χ3n) is 9.56. The summed E-state index contributed by atoms with van der Waals surface area (Å²) in [6, 6.07) is 50.5. The first kappa shape index (κ1) is 42.4. The molecule has 0 unspecified atom stereocenters. The number of halogens is 1. The largest absolute Gasteiger partial charge is 0.464 e. The predicted octanol–water partition coefficient (Wildman–Crippen LogP) is 10.8. The minimum atomic E-state index is -0.538. The topological polar surface area (TPSA) is 117 Å². The molecule has 0 aliphatic carbocycles. The number of amides is 1. The zero-order chi connectivity index (χ0) is 42.6. The first-order valence-electron chi connectivity index (χ1n) is 18.9. The summed E-state index contributed by atoms with van der Waals surface area (Å²) in [6.07, 6.45) is 5.72. The van der Waals surface area contributed by atoms with Crippen molar-refractivity contribution < 1.29 is 29.1 Å². The molecule has 3 aromatic heterocycles. The molecule has 0 atom stereocenters. The monoisotopic (exact) mass is 862 g/mol. The van der Waals surface area contributed by atoms with Crippen molar-refractivity contribution in [2.45, 2.75) is 13.8 Å². The highest BCUT2D eigenvalue weighted by atomic mass is 79.9. The average Bonchev–Trinajstić information content (AvgIpc) is 4.05. The van der Waals surface area contributed by atoms with E-state index in [0.717, 1.165) is 49.4 Å². The van der Waals surface area contributed by atoms with Crippen LogP contribution in [-0.2, 0) is 9.47 Å². The number of carbonyl (C=O) groups excluding carboxylic acids is 3. The second-order valence-corrected chi connectivity index (χ2v) is 14.4. The summed E-state index contributed by atoms with van der Waals surface area (Å²) in [5, 5.41) is 8.98. The van der Waals surface area contributed by atoms with Gasteiger partial charge in [-0.05, 0) is 107 Å². The van der Waals surface area contributed by atoms with Crippen molar-refractivity contribution in [1.29, 1.82) is 0 Å². The van der Waals surface area contributed by atoms with Crippen LogP contribution >= 0.6 is 15.9 Å². The molecular formula is C49H43BrN4O6. The summed E-state index contributed by atoms with van der Waals surface area (Å²) < 4.78 is 15.9. The van der Waals surface area contributed by atoms with Crippen LogP contribution in [0.25, 0.3) is 39.3 Å². The minimum absolute atomic E-state index is 0.344. The Kier molecular flexibility index (Phi) is 14.1. The van der Waals surface area contributed by atoms with Crippen molar-refractivity contribution in [1.82, 2.24) is 19.2 Å². The van der Waals surface area contributed by atoms with Gasteiger partial charge in [-0.25, -0.2) is 15.1 Å². The SMILES string of the molecule is COC(=O)c1cc(-c2ccccc2C)cn1-c1ccccc1.COC(=O)c1cc(Br)cn1-c1ccccc1.Cc1ccccc1-c1cc(C(=O)NO)n(-c2ccccc2)c1. The molecule has 10 nitrogen and oxygen atoms in total. The molecule has 5 aromatic carbocycles. The number of para-hydroxylation sites is 3. The summed E-state index contributed by atoms with van der Waals surface area (Å²) in [4.78, 5) is 35.6. The van der Waals surface area contributed by atoms with E-state index in [1.807, 2.05) is 164 Å². The molecular weight excluding hydrogens is 820 g/mol. The number of esters is 2. The van der Waals surface area contributed by atoms with Gasteiger partial charge in [-0.2, -0.15) is 0 Å². The third-order valence-corrected chi connectivity index (χ3v) is 10.00. The number of hydrogen-bond acceptors (Lipinski definition) is 6. The summed E-state index contributed by atoms with van der Waals surface area (Å²) >= 11 is 3.35. The fourth-order valence-electron chi connectivity index (χ4n) is 6.61. The van der Waals surface area contributed by atoms with Gasteiger partial charge in [0.05, 0.1) is 14.2 Å². The van der Waals surface area contributed by atoms with Crippen LogP contribution in [-0.4, -0.2) is 51.0 Å². The lowest BCUT2D eigenvalue weighted by atomic mass is 10.0. The van der Waals surface area contributed by atoms with Crippen LogP contribution in [0.3, 0.4) is 0 Å². The van der Waals surface area contributed by atoms with Gasteiger partial charge in [-0.15, -0.1) is 0 Å². The first-order chi connectivity index (χ1) is 29.1. The van der Waals surface area contributed by atoms with Gasteiger partial charge in [0.2, 0.25) is 0 Å². The highest BCUT2D eigenvalue weighted by molar-refractivity contribution is 9.10. The highest BCUT2D eigenvalue weighted by Gasteiger charge is 2.18. The second-order valence-electron chi connectivity index (χ2n) is 13.4. The maximum absolute atomic E-state index is 12.1. The van der Waals surface area contributed by atoms with Crippen molar-refractivity contribution in [3.63, 3.8) is 0 Å². The van der Waals surface area contributed by atoms with Gasteiger partial charge in [0.1, 0.15) is 17.1 Å². The molecule has 0 radical (unpaired) electrons. The lowest BCUT2D eigenvalue weighted by molar-refractivity contribution is 0.0583. The molecule has 0 spiro atoms. The number of methoxy groups -OCH3 is 2. The predicted molar refractivity (Wildman–Crippen MR) is 237 cm³/mol. The number of carbonyl (C=O) groups is 3. The van der Waals surface area contributed by atoms with Crippen molar-refractivity contribution in [3.8, 4) is 39.3 Å². The fourth-order valence-corrected chi connectivity index (χ4v) is 7.03. The summed E-state index contributed by atoms with van der Waals surface area (Å²) in [7, 11) is 2.77. The van der Waals surface area contributed by atoms with Crippen LogP contribution < -0.4 is 5.48 Å². The second kappa shape index (κ2) is 20.0. The summed E-state index contributed by atoms with van der Waals surface area (Å²) in [5.74, 6) is -1.23. The van der Waals surface area contributed by atoms with Gasteiger partial charge < -0.3 is 23.2 Å². The van der Waals surface area contributed by atoms with E-state index in [1.54, 1.807) is 26.7 Å². The number of hydroxylamine groups is 1. The molecule has 0 aliphatic heterocycles. The first-order valence-corrected chi connectivity index (χ1v) is 19.6. The van der Waals surface area contributed by atoms with E-state index in [2.05, 4.69) is 35.0 Å². The lowest BCUT2D eigenvalue weighted by Crippen LogP contribution is -2.21. The molecule has 0 saturated carbocycles. The Morgan fingerprint density at radius 3 is 1.25 bits per heavy atom. The quantitative estimate of drug-likeness (QED) is 0.0893. The van der Waals surface area contributed by atoms with Gasteiger partial charge in [0, 0.05) is 51.3 Å². The molecule has 0 fully saturated rings. The lowest BCUT2D eigenvalue weighted by Gasteiger charge is -2.07. The maximum Gasteiger partial charge on any atom is 0.355 e. The molecule has 0 saturated heterocycles. The summed E-state index contributed by atoms with van der Waals surface area (Å²) in [6.45, 7) is 4.09. The Bertz CT molecular complexity index is 2560. The van der Waals surface area contributed by atoms with Crippen molar-refractivity contribution in [2.24, 2.45) is 0 Å². The van der Waals surface area contributed by atoms with E-state index < -0.39 is 5.91 Å². The van der Waals surface area contributed by atoms with Crippen molar-refractivity contribution in [2.75, 3.05) is 14.2 Å². The Labute approximate surface area is 357 Å². The zero-order valence-electron chi connectivity index (χ0n) is 33.5. The number of ether oxygens (including phenoxy) is 2. The number of nitrogens with one attached hydrogen (secondary N) is 1. The van der Waals surface area contributed by atoms with E-state index in [1.165, 1.54) is 19.8 Å². The van der Waals surface area contributed by atoms with Crippen molar-refractivity contribution in [3.05, 3.63) is 209 Å². The molecule has 8 aromatic rings. The maximum atomic E-state index is 12.1. The molecule has 1 amide bonds. The van der Waals surface area contributed by atoms with Crippen LogP contribution in [0.1, 0.15) is 42.6 Å². The van der Waals surface area contributed by atoms with Gasteiger partial charge in [-0.1, -0.05) is 103 Å². The van der Waals surface area contributed by atoms with E-state index in [4.69, 9.17) is 14.7 Å². The van der Waals surface area contributed by atoms with Crippen LogP contribution in [0, 0.1) is 13.8 Å². The number of nitrogens with zero attached hydrogens (tertiary/aromatic N) is 3. The highest BCUT2D eigenvalue weighted by Crippen LogP contribution is 2.29. The Hall–Kier alpha value is -7.21. The van der Waals surface area contributed by atoms with E-state index in [0.29, 0.717) is 17.1 Å². The number of aromatic nitrogens is 3. The van der Waals surface area contributed by atoms with Gasteiger partial charge in [-0.3, -0.25) is 10.0 Å².